The summed E-state index contributed by atoms with van der Waals surface area (Å²) in [6.07, 6.45) is 0.942. The SMILES string of the molecule is Cc1ccc(-c2noc(CN3CCN(C(=O)CC4CCS(=O)(=O)C4)CC3)n2)cc1. The van der Waals surface area contributed by atoms with Crippen molar-refractivity contribution in [3.8, 4) is 11.4 Å². The summed E-state index contributed by atoms with van der Waals surface area (Å²) in [5, 5.41) is 4.07. The Kier molecular flexibility index (Phi) is 5.69. The van der Waals surface area contributed by atoms with Crippen LogP contribution in [0.15, 0.2) is 28.8 Å². The van der Waals surface area contributed by atoms with Gasteiger partial charge in [0.1, 0.15) is 0 Å². The maximum absolute atomic E-state index is 12.5. The predicted octanol–water partition coefficient (Wildman–Crippen LogP) is 1.51. The van der Waals surface area contributed by atoms with Crippen molar-refractivity contribution >= 4 is 15.7 Å². The molecule has 2 saturated heterocycles. The summed E-state index contributed by atoms with van der Waals surface area (Å²) >= 11 is 0. The lowest BCUT2D eigenvalue weighted by molar-refractivity contribution is -0.133. The Morgan fingerprint density at radius 1 is 1.17 bits per heavy atom. The van der Waals surface area contributed by atoms with E-state index < -0.39 is 9.84 Å². The van der Waals surface area contributed by atoms with Crippen LogP contribution in [0.4, 0.5) is 0 Å². The van der Waals surface area contributed by atoms with Crippen molar-refractivity contribution in [2.75, 3.05) is 37.7 Å². The van der Waals surface area contributed by atoms with E-state index in [1.54, 1.807) is 0 Å². The van der Waals surface area contributed by atoms with Crippen molar-refractivity contribution in [3.63, 3.8) is 0 Å². The minimum atomic E-state index is -2.94. The highest BCUT2D eigenvalue weighted by Crippen LogP contribution is 2.23. The van der Waals surface area contributed by atoms with Crippen LogP contribution in [0.5, 0.6) is 0 Å². The molecule has 1 atom stereocenters. The molecule has 1 aromatic heterocycles. The summed E-state index contributed by atoms with van der Waals surface area (Å²) in [7, 11) is -2.94. The van der Waals surface area contributed by atoms with Gasteiger partial charge in [0.15, 0.2) is 9.84 Å². The summed E-state index contributed by atoms with van der Waals surface area (Å²) in [5.74, 6) is 1.55. The predicted molar refractivity (Wildman–Crippen MR) is 108 cm³/mol. The van der Waals surface area contributed by atoms with Crippen molar-refractivity contribution in [3.05, 3.63) is 35.7 Å². The molecule has 0 N–H and O–H groups in total. The van der Waals surface area contributed by atoms with Crippen molar-refractivity contribution in [2.24, 2.45) is 5.92 Å². The van der Waals surface area contributed by atoms with Gasteiger partial charge in [-0.3, -0.25) is 9.69 Å². The fraction of sp³-hybridized carbons (Fsp3) is 0.550. The minimum absolute atomic E-state index is 0.0240. The van der Waals surface area contributed by atoms with Gasteiger partial charge in [0.05, 0.1) is 18.1 Å². The molecular formula is C20H26N4O4S. The summed E-state index contributed by atoms with van der Waals surface area (Å²) in [5.41, 5.74) is 2.11. The maximum atomic E-state index is 12.5. The number of aromatic nitrogens is 2. The molecule has 1 amide bonds. The number of aryl methyl sites for hydroxylation is 1. The summed E-state index contributed by atoms with van der Waals surface area (Å²) in [6.45, 7) is 5.33. The zero-order valence-corrected chi connectivity index (χ0v) is 17.4. The zero-order valence-electron chi connectivity index (χ0n) is 16.6. The molecule has 3 heterocycles. The van der Waals surface area contributed by atoms with Crippen molar-refractivity contribution in [2.45, 2.75) is 26.3 Å². The van der Waals surface area contributed by atoms with Gasteiger partial charge < -0.3 is 9.42 Å². The Morgan fingerprint density at radius 3 is 2.55 bits per heavy atom. The Morgan fingerprint density at radius 2 is 1.90 bits per heavy atom. The fourth-order valence-corrected chi connectivity index (χ4v) is 5.76. The minimum Gasteiger partial charge on any atom is -0.340 e. The highest BCUT2D eigenvalue weighted by atomic mass is 32.2. The molecule has 1 aromatic carbocycles. The first kappa shape index (κ1) is 20.0. The first-order valence-electron chi connectivity index (χ1n) is 9.98. The normalized spacial score (nSPS) is 22.1. The second-order valence-corrected chi connectivity index (χ2v) is 10.2. The van der Waals surface area contributed by atoms with Crippen LogP contribution in [-0.4, -0.2) is 72.0 Å². The smallest absolute Gasteiger partial charge is 0.241 e. The van der Waals surface area contributed by atoms with E-state index >= 15 is 0 Å². The van der Waals surface area contributed by atoms with Crippen LogP contribution >= 0.6 is 0 Å². The van der Waals surface area contributed by atoms with Gasteiger partial charge in [0, 0.05) is 38.2 Å². The molecule has 4 rings (SSSR count). The molecule has 0 aliphatic carbocycles. The first-order chi connectivity index (χ1) is 13.9. The number of piperazine rings is 1. The van der Waals surface area contributed by atoms with Gasteiger partial charge >= 0.3 is 0 Å². The second-order valence-electron chi connectivity index (χ2n) is 8.01. The third-order valence-corrected chi connectivity index (χ3v) is 7.49. The van der Waals surface area contributed by atoms with Crippen molar-refractivity contribution < 1.29 is 17.7 Å². The number of benzene rings is 1. The molecule has 9 heteroatoms. The number of amides is 1. The van der Waals surface area contributed by atoms with Crippen LogP contribution in [0.1, 0.15) is 24.3 Å². The highest BCUT2D eigenvalue weighted by Gasteiger charge is 2.31. The van der Waals surface area contributed by atoms with Crippen LogP contribution in [0.25, 0.3) is 11.4 Å². The fourth-order valence-electron chi connectivity index (χ4n) is 3.89. The van der Waals surface area contributed by atoms with Gasteiger partial charge in [-0.2, -0.15) is 4.98 Å². The Labute approximate surface area is 170 Å². The molecule has 29 heavy (non-hydrogen) atoms. The Hall–Kier alpha value is -2.26. The summed E-state index contributed by atoms with van der Waals surface area (Å²) in [6, 6.07) is 7.99. The molecule has 2 fully saturated rings. The van der Waals surface area contributed by atoms with E-state index in [2.05, 4.69) is 15.0 Å². The van der Waals surface area contributed by atoms with Crippen LogP contribution in [0.3, 0.4) is 0 Å². The summed E-state index contributed by atoms with van der Waals surface area (Å²) in [4.78, 5) is 21.0. The number of sulfone groups is 1. The van der Waals surface area contributed by atoms with Gasteiger partial charge in [-0.1, -0.05) is 35.0 Å². The lowest BCUT2D eigenvalue weighted by Gasteiger charge is -2.34. The van der Waals surface area contributed by atoms with Gasteiger partial charge in [-0.05, 0) is 19.3 Å². The molecular weight excluding hydrogens is 392 g/mol. The number of hydrogen-bond acceptors (Lipinski definition) is 7. The molecule has 2 aliphatic heterocycles. The monoisotopic (exact) mass is 418 g/mol. The topological polar surface area (TPSA) is 96.6 Å². The summed E-state index contributed by atoms with van der Waals surface area (Å²) < 4.78 is 28.5. The maximum Gasteiger partial charge on any atom is 0.241 e. The van der Waals surface area contributed by atoms with E-state index in [1.165, 1.54) is 5.56 Å². The van der Waals surface area contributed by atoms with E-state index in [4.69, 9.17) is 4.52 Å². The number of carbonyl (C=O) groups is 1. The average Bonchev–Trinajstić information content (AvgIpc) is 3.29. The number of rotatable bonds is 5. The number of nitrogens with zero attached hydrogens (tertiary/aromatic N) is 4. The standard InChI is InChI=1S/C20H26N4O4S/c1-15-2-4-17(5-3-15)20-21-18(28-22-20)13-23-7-9-24(10-8-23)19(25)12-16-6-11-29(26,27)14-16/h2-5,16H,6-14H2,1H3. The van der Waals surface area contributed by atoms with E-state index in [1.807, 2.05) is 36.1 Å². The first-order valence-corrected chi connectivity index (χ1v) is 11.8. The van der Waals surface area contributed by atoms with Gasteiger partial charge in [0.25, 0.3) is 0 Å². The average molecular weight is 419 g/mol. The van der Waals surface area contributed by atoms with Gasteiger partial charge in [-0.25, -0.2) is 8.42 Å². The number of hydrogen-bond donors (Lipinski definition) is 0. The second kappa shape index (κ2) is 8.23. The van der Waals surface area contributed by atoms with Crippen molar-refractivity contribution in [1.29, 1.82) is 0 Å². The van der Waals surface area contributed by atoms with Crippen molar-refractivity contribution in [1.82, 2.24) is 19.9 Å². The molecule has 1 unspecified atom stereocenters. The molecule has 8 nitrogen and oxygen atoms in total. The third kappa shape index (κ3) is 5.02. The van der Waals surface area contributed by atoms with Crippen LogP contribution in [-0.2, 0) is 21.2 Å². The van der Waals surface area contributed by atoms with Crippen LogP contribution in [0, 0.1) is 12.8 Å². The van der Waals surface area contributed by atoms with Gasteiger partial charge in [0.2, 0.25) is 17.6 Å². The molecule has 2 aliphatic rings. The molecule has 0 radical (unpaired) electrons. The molecule has 0 saturated carbocycles. The lowest BCUT2D eigenvalue weighted by Crippen LogP contribution is -2.48. The van der Waals surface area contributed by atoms with E-state index in [9.17, 15) is 13.2 Å². The quantitative estimate of drug-likeness (QED) is 0.726. The number of carbonyl (C=O) groups excluding carboxylic acids is 1. The zero-order chi connectivity index (χ0) is 20.4. The third-order valence-electron chi connectivity index (χ3n) is 5.65. The van der Waals surface area contributed by atoms with E-state index in [0.717, 1.165) is 18.7 Å². The lowest BCUT2D eigenvalue weighted by atomic mass is 10.0. The van der Waals surface area contributed by atoms with Crippen LogP contribution < -0.4 is 0 Å². The molecule has 0 bridgehead atoms. The van der Waals surface area contributed by atoms with Crippen LogP contribution in [0.2, 0.25) is 0 Å². The van der Waals surface area contributed by atoms with Gasteiger partial charge in [-0.15, -0.1) is 0 Å². The van der Waals surface area contributed by atoms with E-state index in [0.29, 0.717) is 44.2 Å². The van der Waals surface area contributed by atoms with E-state index in [-0.39, 0.29) is 23.3 Å². The Bertz CT molecular complexity index is 963. The highest BCUT2D eigenvalue weighted by molar-refractivity contribution is 7.91. The Balaban J connectivity index is 1.26. The molecule has 0 spiro atoms. The molecule has 2 aromatic rings. The largest absolute Gasteiger partial charge is 0.340 e. The molecule has 156 valence electrons.